The molecule has 0 aromatic heterocycles. The monoisotopic (exact) mass is 226 g/mol. The smallest absolute Gasteiger partial charge is 0.317 e. The predicted octanol–water partition coefficient (Wildman–Crippen LogP) is 3.33. The van der Waals surface area contributed by atoms with Crippen LogP contribution in [0.25, 0.3) is 10.8 Å². The van der Waals surface area contributed by atoms with Crippen LogP contribution in [-0.2, 0) is 11.2 Å². The lowest BCUT2D eigenvalue weighted by Gasteiger charge is -2.29. The lowest BCUT2D eigenvalue weighted by molar-refractivity contribution is -0.145. The van der Waals surface area contributed by atoms with Crippen molar-refractivity contribution in [2.45, 2.75) is 20.3 Å². The van der Waals surface area contributed by atoms with Crippen LogP contribution in [0.4, 0.5) is 0 Å². The maximum absolute atomic E-state index is 11.9. The number of esters is 1. The molecule has 0 bridgehead atoms. The van der Waals surface area contributed by atoms with Crippen molar-refractivity contribution in [3.05, 3.63) is 42.0 Å². The van der Waals surface area contributed by atoms with Crippen LogP contribution in [0.15, 0.2) is 36.4 Å². The van der Waals surface area contributed by atoms with Crippen LogP contribution >= 0.6 is 0 Å². The minimum Gasteiger partial charge on any atom is -0.425 e. The zero-order valence-corrected chi connectivity index (χ0v) is 9.99. The molecule has 0 unspecified atom stereocenters. The lowest BCUT2D eigenvalue weighted by atomic mass is 9.83. The number of hydrogen-bond donors (Lipinski definition) is 0. The molecule has 0 N–H and O–H groups in total. The van der Waals surface area contributed by atoms with E-state index < -0.39 is 5.41 Å². The zero-order valence-electron chi connectivity index (χ0n) is 9.99. The second-order valence-electron chi connectivity index (χ2n) is 5.23. The number of carbonyl (C=O) groups is 1. The number of hydrogen-bond acceptors (Lipinski definition) is 2. The van der Waals surface area contributed by atoms with Crippen molar-refractivity contribution in [3.8, 4) is 5.75 Å². The van der Waals surface area contributed by atoms with E-state index in [0.717, 1.165) is 28.5 Å². The van der Waals surface area contributed by atoms with E-state index in [1.54, 1.807) is 0 Å². The lowest BCUT2D eigenvalue weighted by Crippen LogP contribution is -2.35. The van der Waals surface area contributed by atoms with Gasteiger partial charge in [-0.1, -0.05) is 36.4 Å². The number of benzene rings is 2. The van der Waals surface area contributed by atoms with Gasteiger partial charge in [0, 0.05) is 5.39 Å². The highest BCUT2D eigenvalue weighted by molar-refractivity contribution is 5.94. The molecule has 17 heavy (non-hydrogen) atoms. The molecule has 1 heterocycles. The Balaban J connectivity index is 2.26. The van der Waals surface area contributed by atoms with Crippen molar-refractivity contribution in [1.29, 1.82) is 0 Å². The largest absolute Gasteiger partial charge is 0.425 e. The summed E-state index contributed by atoms with van der Waals surface area (Å²) < 4.78 is 5.52. The summed E-state index contributed by atoms with van der Waals surface area (Å²) in [7, 11) is 0. The minimum absolute atomic E-state index is 0.138. The summed E-state index contributed by atoms with van der Waals surface area (Å²) in [6, 6.07) is 12.1. The van der Waals surface area contributed by atoms with Gasteiger partial charge in [-0.2, -0.15) is 0 Å². The van der Waals surface area contributed by atoms with Gasteiger partial charge in [-0.3, -0.25) is 4.79 Å². The van der Waals surface area contributed by atoms with Crippen molar-refractivity contribution in [2.75, 3.05) is 0 Å². The fourth-order valence-electron chi connectivity index (χ4n) is 2.33. The maximum atomic E-state index is 11.9. The molecule has 0 aliphatic carbocycles. The van der Waals surface area contributed by atoms with Gasteiger partial charge in [0.2, 0.25) is 0 Å². The first-order valence-corrected chi connectivity index (χ1v) is 5.81. The fraction of sp³-hybridized carbons (Fsp3) is 0.267. The molecule has 0 amide bonds. The summed E-state index contributed by atoms with van der Waals surface area (Å²) in [5, 5.41) is 2.13. The Morgan fingerprint density at radius 3 is 2.71 bits per heavy atom. The normalized spacial score (nSPS) is 17.6. The van der Waals surface area contributed by atoms with Gasteiger partial charge in [-0.05, 0) is 31.2 Å². The van der Waals surface area contributed by atoms with E-state index in [9.17, 15) is 4.79 Å². The first kappa shape index (κ1) is 10.3. The maximum Gasteiger partial charge on any atom is 0.317 e. The SMILES string of the molecule is CC1(C)Cc2ccc3ccccc3c2OC1=O. The standard InChI is InChI=1S/C15H14O2/c1-15(2)9-11-8-7-10-5-3-4-6-12(10)13(11)17-14(15)16/h3-8H,9H2,1-2H3. The third kappa shape index (κ3) is 1.52. The highest BCUT2D eigenvalue weighted by Gasteiger charge is 2.36. The summed E-state index contributed by atoms with van der Waals surface area (Å²) in [4.78, 5) is 11.9. The molecule has 0 saturated heterocycles. The number of rotatable bonds is 0. The molecule has 0 spiro atoms. The number of carbonyl (C=O) groups excluding carboxylic acids is 1. The van der Waals surface area contributed by atoms with E-state index in [4.69, 9.17) is 4.74 Å². The second-order valence-corrected chi connectivity index (χ2v) is 5.23. The minimum atomic E-state index is -0.421. The molecule has 0 radical (unpaired) electrons. The van der Waals surface area contributed by atoms with Crippen molar-refractivity contribution < 1.29 is 9.53 Å². The van der Waals surface area contributed by atoms with Crippen LogP contribution in [0, 0.1) is 5.41 Å². The molecule has 3 rings (SSSR count). The van der Waals surface area contributed by atoms with Gasteiger partial charge < -0.3 is 4.74 Å². The second kappa shape index (κ2) is 3.33. The van der Waals surface area contributed by atoms with Gasteiger partial charge in [0.25, 0.3) is 0 Å². The molecule has 86 valence electrons. The molecule has 1 aliphatic rings. The van der Waals surface area contributed by atoms with Crippen molar-refractivity contribution in [2.24, 2.45) is 5.41 Å². The van der Waals surface area contributed by atoms with E-state index in [1.807, 2.05) is 38.1 Å². The van der Waals surface area contributed by atoms with Crippen molar-refractivity contribution in [3.63, 3.8) is 0 Å². The van der Waals surface area contributed by atoms with Gasteiger partial charge in [0.1, 0.15) is 5.75 Å². The van der Waals surface area contributed by atoms with Gasteiger partial charge >= 0.3 is 5.97 Å². The zero-order chi connectivity index (χ0) is 12.0. The molecule has 0 saturated carbocycles. The van der Waals surface area contributed by atoms with E-state index in [1.165, 1.54) is 0 Å². The van der Waals surface area contributed by atoms with Crippen molar-refractivity contribution in [1.82, 2.24) is 0 Å². The average Bonchev–Trinajstić information content (AvgIpc) is 2.30. The topological polar surface area (TPSA) is 26.3 Å². The van der Waals surface area contributed by atoms with E-state index in [0.29, 0.717) is 0 Å². The third-order valence-electron chi connectivity index (χ3n) is 3.34. The quantitative estimate of drug-likeness (QED) is 0.508. The molecule has 0 fully saturated rings. The number of ether oxygens (including phenoxy) is 1. The summed E-state index contributed by atoms with van der Waals surface area (Å²) in [6.45, 7) is 3.85. The fourth-order valence-corrected chi connectivity index (χ4v) is 2.33. The van der Waals surface area contributed by atoms with E-state index >= 15 is 0 Å². The molecule has 2 nitrogen and oxygen atoms in total. The van der Waals surface area contributed by atoms with Crippen LogP contribution in [0.1, 0.15) is 19.4 Å². The van der Waals surface area contributed by atoms with Crippen LogP contribution in [-0.4, -0.2) is 5.97 Å². The molecule has 2 heteroatoms. The highest BCUT2D eigenvalue weighted by atomic mass is 16.5. The predicted molar refractivity (Wildman–Crippen MR) is 67.1 cm³/mol. The molecular formula is C15H14O2. The Labute approximate surface area is 100 Å². The van der Waals surface area contributed by atoms with Crippen LogP contribution in [0.2, 0.25) is 0 Å². The van der Waals surface area contributed by atoms with Gasteiger partial charge in [0.15, 0.2) is 0 Å². The van der Waals surface area contributed by atoms with Gasteiger partial charge in [-0.15, -0.1) is 0 Å². The van der Waals surface area contributed by atoms with Crippen LogP contribution < -0.4 is 4.74 Å². The Kier molecular flexibility index (Phi) is 2.02. The first-order valence-electron chi connectivity index (χ1n) is 5.81. The van der Waals surface area contributed by atoms with Gasteiger partial charge in [-0.25, -0.2) is 0 Å². The molecule has 1 aliphatic heterocycles. The summed E-state index contributed by atoms with van der Waals surface area (Å²) >= 11 is 0. The average molecular weight is 226 g/mol. The Morgan fingerprint density at radius 2 is 1.88 bits per heavy atom. The summed E-state index contributed by atoms with van der Waals surface area (Å²) in [6.07, 6.45) is 0.742. The molecule has 2 aromatic carbocycles. The summed E-state index contributed by atoms with van der Waals surface area (Å²) in [5.74, 6) is 0.605. The number of fused-ring (bicyclic) bond motifs is 3. The Bertz CT molecular complexity index is 611. The molecule has 0 atom stereocenters. The van der Waals surface area contributed by atoms with E-state index in [-0.39, 0.29) is 5.97 Å². The third-order valence-corrected chi connectivity index (χ3v) is 3.34. The first-order chi connectivity index (χ1) is 8.08. The highest BCUT2D eigenvalue weighted by Crippen LogP contribution is 2.39. The van der Waals surface area contributed by atoms with Gasteiger partial charge in [0.05, 0.1) is 5.41 Å². The van der Waals surface area contributed by atoms with E-state index in [2.05, 4.69) is 12.1 Å². The Morgan fingerprint density at radius 1 is 1.12 bits per heavy atom. The molecular weight excluding hydrogens is 212 g/mol. The molecule has 2 aromatic rings. The van der Waals surface area contributed by atoms with Crippen LogP contribution in [0.3, 0.4) is 0 Å². The Hall–Kier alpha value is -1.83. The van der Waals surface area contributed by atoms with Crippen LogP contribution in [0.5, 0.6) is 5.75 Å². The summed E-state index contributed by atoms with van der Waals surface area (Å²) in [5.41, 5.74) is 0.698. The van der Waals surface area contributed by atoms with Crippen molar-refractivity contribution >= 4 is 16.7 Å².